The minimum absolute atomic E-state index is 0.119. The number of nitrogens with zero attached hydrogens (tertiary/aromatic N) is 3. The Balaban J connectivity index is 0.921. The topological polar surface area (TPSA) is 70.6 Å². The summed E-state index contributed by atoms with van der Waals surface area (Å²) in [6, 6.07) is 36.3. The number of carbonyl (C=O) groups excluding carboxylic acids is 1. The normalized spacial score (nSPS) is 17.7. The molecule has 6 heteroatoms. The summed E-state index contributed by atoms with van der Waals surface area (Å²) in [7, 11) is 0. The number of ether oxygens (including phenoxy) is 1. The second kappa shape index (κ2) is 12.1. The van der Waals surface area contributed by atoms with E-state index in [1.807, 2.05) is 35.2 Å². The van der Waals surface area contributed by atoms with Crippen molar-refractivity contribution in [2.75, 3.05) is 6.54 Å². The number of imidazole rings is 1. The summed E-state index contributed by atoms with van der Waals surface area (Å²) in [5.74, 6) is 1.50. The highest BCUT2D eigenvalue weighted by molar-refractivity contribution is 5.97. The van der Waals surface area contributed by atoms with Gasteiger partial charge in [-0.25, -0.2) is 9.78 Å². The first kappa shape index (κ1) is 29.0. The van der Waals surface area contributed by atoms with Crippen LogP contribution in [0, 0.1) is 5.92 Å². The van der Waals surface area contributed by atoms with E-state index in [2.05, 4.69) is 77.8 Å². The van der Waals surface area contributed by atoms with Crippen molar-refractivity contribution in [3.63, 3.8) is 0 Å². The number of rotatable bonds is 6. The van der Waals surface area contributed by atoms with Gasteiger partial charge in [0.05, 0.1) is 22.8 Å². The third-order valence-electron chi connectivity index (χ3n) is 10.6. The van der Waals surface area contributed by atoms with E-state index in [4.69, 9.17) is 14.7 Å². The fraction of sp³-hybridized carbons (Fsp3) is 0.262. The number of hydrogen-bond donors (Lipinski definition) is 1. The number of benzene rings is 5. The molecule has 3 heterocycles. The van der Waals surface area contributed by atoms with Crippen molar-refractivity contribution < 1.29 is 9.53 Å². The molecule has 0 spiro atoms. The molecule has 6 nitrogen and oxygen atoms in total. The molecule has 48 heavy (non-hydrogen) atoms. The molecule has 1 aromatic heterocycles. The Bertz CT molecular complexity index is 2190. The quantitative estimate of drug-likeness (QED) is 0.199. The predicted molar refractivity (Wildman–Crippen MR) is 193 cm³/mol. The number of aliphatic imine (C=N–C) groups is 1. The highest BCUT2D eigenvalue weighted by Gasteiger charge is 2.33. The summed E-state index contributed by atoms with van der Waals surface area (Å²) in [6.45, 7) is 0.936. The lowest BCUT2D eigenvalue weighted by atomic mass is 9.94. The van der Waals surface area contributed by atoms with E-state index in [-0.39, 0.29) is 18.7 Å². The van der Waals surface area contributed by atoms with Crippen molar-refractivity contribution in [1.82, 2.24) is 14.9 Å². The van der Waals surface area contributed by atoms with Gasteiger partial charge in [-0.3, -0.25) is 9.89 Å². The average Bonchev–Trinajstić information content (AvgIpc) is 3.96. The monoisotopic (exact) mass is 630 g/mol. The number of hydrogen-bond acceptors (Lipinski definition) is 4. The van der Waals surface area contributed by atoms with E-state index < -0.39 is 0 Å². The van der Waals surface area contributed by atoms with E-state index >= 15 is 0 Å². The zero-order valence-corrected chi connectivity index (χ0v) is 27.0. The summed E-state index contributed by atoms with van der Waals surface area (Å²) >= 11 is 0. The van der Waals surface area contributed by atoms with Crippen LogP contribution in [-0.2, 0) is 17.8 Å². The van der Waals surface area contributed by atoms with Gasteiger partial charge in [0.1, 0.15) is 12.4 Å². The van der Waals surface area contributed by atoms with E-state index in [1.54, 1.807) is 0 Å². The largest absolute Gasteiger partial charge is 0.445 e. The molecule has 9 rings (SSSR count). The van der Waals surface area contributed by atoms with Crippen LogP contribution in [0.3, 0.4) is 0 Å². The minimum Gasteiger partial charge on any atom is -0.445 e. The molecule has 1 aliphatic carbocycles. The third kappa shape index (κ3) is 5.45. The van der Waals surface area contributed by atoms with Gasteiger partial charge in [-0.1, -0.05) is 79.6 Å². The van der Waals surface area contributed by atoms with E-state index in [1.165, 1.54) is 58.9 Å². The molecule has 1 saturated carbocycles. The summed E-state index contributed by atoms with van der Waals surface area (Å²) in [6.07, 6.45) is 7.80. The maximum Gasteiger partial charge on any atom is 0.410 e. The van der Waals surface area contributed by atoms with Crippen LogP contribution in [-0.4, -0.2) is 33.2 Å². The first-order valence-corrected chi connectivity index (χ1v) is 17.4. The molecule has 0 unspecified atom stereocenters. The summed E-state index contributed by atoms with van der Waals surface area (Å²) in [5.41, 5.74) is 11.6. The van der Waals surface area contributed by atoms with Crippen LogP contribution >= 0.6 is 0 Å². The standard InChI is InChI=1S/C42H38N4O2/c47-42(48-26-27-7-2-1-3-8-27)46-20-6-11-40(46)41-44-37-19-17-34(24-39(37)45-41)32-15-14-29-21-31(13-12-30(29)22-32)33-16-18-36-35(23-33)25-38(43-36)28-9-4-5-10-28/h1-3,7-8,12-19,21-24,28,40H,4-6,9-11,20,25-26H2,(H,44,45)/t40-/m0/s1. The number of aromatic nitrogens is 2. The maximum atomic E-state index is 13.0. The molecule has 3 aliphatic rings. The van der Waals surface area contributed by atoms with E-state index in [0.29, 0.717) is 12.5 Å². The van der Waals surface area contributed by atoms with Crippen LogP contribution < -0.4 is 0 Å². The molecule has 1 amide bonds. The van der Waals surface area contributed by atoms with Crippen LogP contribution in [0.1, 0.15) is 61.5 Å². The van der Waals surface area contributed by atoms with E-state index in [9.17, 15) is 4.79 Å². The first-order valence-electron chi connectivity index (χ1n) is 17.4. The van der Waals surface area contributed by atoms with Crippen LogP contribution in [0.4, 0.5) is 10.5 Å². The van der Waals surface area contributed by atoms with Crippen molar-refractivity contribution in [3.8, 4) is 22.3 Å². The van der Waals surface area contributed by atoms with Gasteiger partial charge in [0, 0.05) is 18.7 Å². The Morgan fingerprint density at radius 3 is 2.27 bits per heavy atom. The molecule has 1 N–H and O–H groups in total. The second-order valence-electron chi connectivity index (χ2n) is 13.6. The lowest BCUT2D eigenvalue weighted by Gasteiger charge is -2.22. The third-order valence-corrected chi connectivity index (χ3v) is 10.6. The van der Waals surface area contributed by atoms with Crippen molar-refractivity contribution in [2.24, 2.45) is 10.9 Å². The SMILES string of the molecule is O=C(OCc1ccccc1)N1CCC[C@H]1c1nc2ccc(-c3ccc4cc(-c5ccc6c(c5)CC(C5CCCC5)=N6)ccc4c3)cc2[nH]1. The van der Waals surface area contributed by atoms with Crippen molar-refractivity contribution in [3.05, 3.63) is 120 Å². The molecule has 6 aromatic rings. The molecular weight excluding hydrogens is 592 g/mol. The van der Waals surface area contributed by atoms with Crippen LogP contribution in [0.2, 0.25) is 0 Å². The zero-order valence-electron chi connectivity index (χ0n) is 27.0. The Labute approximate surface area is 280 Å². The van der Waals surface area contributed by atoms with Gasteiger partial charge in [-0.15, -0.1) is 0 Å². The van der Waals surface area contributed by atoms with Gasteiger partial charge in [0.25, 0.3) is 0 Å². The Morgan fingerprint density at radius 2 is 1.48 bits per heavy atom. The molecule has 2 fully saturated rings. The number of amides is 1. The predicted octanol–water partition coefficient (Wildman–Crippen LogP) is 10.3. The number of H-pyrrole nitrogens is 1. The smallest absolute Gasteiger partial charge is 0.410 e. The fourth-order valence-electron chi connectivity index (χ4n) is 7.94. The van der Waals surface area contributed by atoms with E-state index in [0.717, 1.165) is 58.5 Å². The molecule has 2 aliphatic heterocycles. The van der Waals surface area contributed by atoms with Gasteiger partial charge in [-0.05, 0) is 112 Å². The van der Waals surface area contributed by atoms with Crippen molar-refractivity contribution in [1.29, 1.82) is 0 Å². The summed E-state index contributed by atoms with van der Waals surface area (Å²) in [5, 5.41) is 2.44. The molecular formula is C42H38N4O2. The molecule has 1 saturated heterocycles. The van der Waals surface area contributed by atoms with Gasteiger partial charge < -0.3 is 9.72 Å². The van der Waals surface area contributed by atoms with Gasteiger partial charge in [0.2, 0.25) is 0 Å². The summed E-state index contributed by atoms with van der Waals surface area (Å²) in [4.78, 5) is 28.3. The highest BCUT2D eigenvalue weighted by Crippen LogP contribution is 2.38. The lowest BCUT2D eigenvalue weighted by molar-refractivity contribution is 0.0910. The minimum atomic E-state index is -0.291. The first-order chi connectivity index (χ1) is 23.6. The van der Waals surface area contributed by atoms with Crippen molar-refractivity contribution in [2.45, 2.75) is 57.6 Å². The van der Waals surface area contributed by atoms with Crippen LogP contribution in [0.25, 0.3) is 44.1 Å². The molecule has 0 bridgehead atoms. The van der Waals surface area contributed by atoms with Crippen molar-refractivity contribution >= 4 is 39.3 Å². The van der Waals surface area contributed by atoms with Gasteiger partial charge in [0.15, 0.2) is 0 Å². The lowest BCUT2D eigenvalue weighted by Crippen LogP contribution is -2.31. The number of carbonyl (C=O) groups is 1. The number of fused-ring (bicyclic) bond motifs is 3. The van der Waals surface area contributed by atoms with Gasteiger partial charge in [-0.2, -0.15) is 0 Å². The molecule has 0 radical (unpaired) electrons. The van der Waals surface area contributed by atoms with Crippen LogP contribution in [0.15, 0.2) is 108 Å². The molecule has 5 aromatic carbocycles. The molecule has 1 atom stereocenters. The average molecular weight is 631 g/mol. The number of likely N-dealkylation sites (tertiary alicyclic amines) is 1. The Kier molecular flexibility index (Phi) is 7.29. The second-order valence-corrected chi connectivity index (χ2v) is 13.6. The fourth-order valence-corrected chi connectivity index (χ4v) is 7.94. The summed E-state index contributed by atoms with van der Waals surface area (Å²) < 4.78 is 5.66. The maximum absolute atomic E-state index is 13.0. The number of nitrogens with one attached hydrogen (secondary N) is 1. The Morgan fingerprint density at radius 1 is 0.771 bits per heavy atom. The van der Waals surface area contributed by atoms with Gasteiger partial charge >= 0.3 is 6.09 Å². The molecule has 238 valence electrons. The Hall–Kier alpha value is -5.23. The van der Waals surface area contributed by atoms with Crippen LogP contribution in [0.5, 0.6) is 0 Å². The zero-order chi connectivity index (χ0) is 32.0. The highest BCUT2D eigenvalue weighted by atomic mass is 16.6. The number of aromatic amines is 1.